The SMILES string of the molecule is CCOc1ccc(/C(O)=C2/C(=O)C(=O)N(c3ccc(C)cc3)C2c2cccs2)c(OCC)c1. The highest BCUT2D eigenvalue weighted by atomic mass is 32.1. The fraction of sp³-hybridized carbons (Fsp3) is 0.231. The fourth-order valence-electron chi connectivity index (χ4n) is 3.89. The first-order chi connectivity index (χ1) is 16.0. The molecule has 0 aliphatic carbocycles. The fourth-order valence-corrected chi connectivity index (χ4v) is 4.72. The lowest BCUT2D eigenvalue weighted by atomic mass is 9.99. The molecule has 1 amide bonds. The van der Waals surface area contributed by atoms with E-state index in [0.717, 1.165) is 10.4 Å². The maximum Gasteiger partial charge on any atom is 0.300 e. The molecule has 0 radical (unpaired) electrons. The highest BCUT2D eigenvalue weighted by Gasteiger charge is 2.47. The Labute approximate surface area is 196 Å². The van der Waals surface area contributed by atoms with E-state index in [-0.39, 0.29) is 11.3 Å². The summed E-state index contributed by atoms with van der Waals surface area (Å²) < 4.78 is 11.3. The van der Waals surface area contributed by atoms with Crippen molar-refractivity contribution < 1.29 is 24.2 Å². The van der Waals surface area contributed by atoms with Crippen LogP contribution in [0.25, 0.3) is 5.76 Å². The number of amides is 1. The van der Waals surface area contributed by atoms with E-state index < -0.39 is 17.7 Å². The molecule has 2 heterocycles. The van der Waals surface area contributed by atoms with Gasteiger partial charge < -0.3 is 14.6 Å². The number of carbonyl (C=O) groups excluding carboxylic acids is 2. The summed E-state index contributed by atoms with van der Waals surface area (Å²) >= 11 is 1.42. The number of aliphatic hydroxyl groups excluding tert-OH is 1. The number of ether oxygens (including phenoxy) is 2. The van der Waals surface area contributed by atoms with Crippen molar-refractivity contribution in [3.8, 4) is 11.5 Å². The Morgan fingerprint density at radius 2 is 1.76 bits per heavy atom. The van der Waals surface area contributed by atoms with Gasteiger partial charge >= 0.3 is 0 Å². The predicted molar refractivity (Wildman–Crippen MR) is 129 cm³/mol. The minimum atomic E-state index is -0.742. The van der Waals surface area contributed by atoms with E-state index in [1.165, 1.54) is 16.2 Å². The van der Waals surface area contributed by atoms with Crippen LogP contribution in [0.1, 0.15) is 35.9 Å². The van der Waals surface area contributed by atoms with Gasteiger partial charge in [-0.05, 0) is 56.5 Å². The minimum absolute atomic E-state index is 0.0353. The van der Waals surface area contributed by atoms with Gasteiger partial charge in [0.2, 0.25) is 0 Å². The van der Waals surface area contributed by atoms with E-state index in [9.17, 15) is 14.7 Å². The Morgan fingerprint density at radius 3 is 2.39 bits per heavy atom. The lowest BCUT2D eigenvalue weighted by Crippen LogP contribution is -2.29. The molecule has 2 aromatic carbocycles. The number of anilines is 1. The van der Waals surface area contributed by atoms with Crippen LogP contribution in [0.4, 0.5) is 5.69 Å². The molecule has 1 aliphatic heterocycles. The molecule has 1 fully saturated rings. The zero-order chi connectivity index (χ0) is 23.5. The number of hydrogen-bond donors (Lipinski definition) is 1. The smallest absolute Gasteiger partial charge is 0.300 e. The molecule has 4 rings (SSSR count). The number of rotatable bonds is 7. The van der Waals surface area contributed by atoms with Crippen LogP contribution in [0.15, 0.2) is 65.6 Å². The van der Waals surface area contributed by atoms with Crippen molar-refractivity contribution in [1.29, 1.82) is 0 Å². The second kappa shape index (κ2) is 9.50. The number of carbonyl (C=O) groups is 2. The van der Waals surface area contributed by atoms with Crippen molar-refractivity contribution in [2.24, 2.45) is 0 Å². The van der Waals surface area contributed by atoms with E-state index in [1.807, 2.05) is 62.5 Å². The number of Topliss-reactive ketones (excluding diaryl/α,β-unsaturated/α-hetero) is 1. The summed E-state index contributed by atoms with van der Waals surface area (Å²) in [6.07, 6.45) is 0. The molecule has 6 nitrogen and oxygen atoms in total. The molecular weight excluding hydrogens is 438 g/mol. The number of thiophene rings is 1. The molecule has 1 saturated heterocycles. The second-order valence-corrected chi connectivity index (χ2v) is 8.52. The average Bonchev–Trinajstić information content (AvgIpc) is 3.42. The molecule has 0 spiro atoms. The maximum atomic E-state index is 13.2. The van der Waals surface area contributed by atoms with Gasteiger partial charge in [-0.1, -0.05) is 23.8 Å². The summed E-state index contributed by atoms with van der Waals surface area (Å²) in [5.74, 6) is -0.710. The summed E-state index contributed by atoms with van der Waals surface area (Å²) in [7, 11) is 0. The van der Waals surface area contributed by atoms with Crippen molar-refractivity contribution in [1.82, 2.24) is 0 Å². The van der Waals surface area contributed by atoms with E-state index >= 15 is 0 Å². The Bertz CT molecular complexity index is 1200. The molecule has 170 valence electrons. The topological polar surface area (TPSA) is 76.1 Å². The number of aryl methyl sites for hydroxylation is 1. The van der Waals surface area contributed by atoms with Crippen molar-refractivity contribution in [2.45, 2.75) is 26.8 Å². The third-order valence-corrected chi connectivity index (χ3v) is 6.31. The van der Waals surface area contributed by atoms with E-state index in [1.54, 1.807) is 18.2 Å². The van der Waals surface area contributed by atoms with Crippen LogP contribution < -0.4 is 14.4 Å². The van der Waals surface area contributed by atoms with Crippen LogP contribution in [-0.2, 0) is 9.59 Å². The van der Waals surface area contributed by atoms with Crippen molar-refractivity contribution in [2.75, 3.05) is 18.1 Å². The summed E-state index contributed by atoms with van der Waals surface area (Å²) in [5, 5.41) is 13.3. The minimum Gasteiger partial charge on any atom is -0.507 e. The summed E-state index contributed by atoms with van der Waals surface area (Å²) in [4.78, 5) is 28.7. The first-order valence-electron chi connectivity index (χ1n) is 10.8. The van der Waals surface area contributed by atoms with Crippen LogP contribution in [-0.4, -0.2) is 30.0 Å². The summed E-state index contributed by atoms with van der Waals surface area (Å²) in [6.45, 7) is 6.51. The largest absolute Gasteiger partial charge is 0.507 e. The number of aliphatic hydroxyl groups is 1. The Morgan fingerprint density at radius 1 is 1.03 bits per heavy atom. The average molecular weight is 464 g/mol. The standard InChI is InChI=1S/C26H25NO5S/c1-4-31-18-12-13-19(20(15-18)32-5-2)24(28)22-23(21-7-6-14-33-21)27(26(30)25(22)29)17-10-8-16(3)9-11-17/h6-15,23,28H,4-5H2,1-3H3/b24-22-. The third kappa shape index (κ3) is 4.24. The molecule has 33 heavy (non-hydrogen) atoms. The molecule has 0 bridgehead atoms. The first-order valence-corrected chi connectivity index (χ1v) is 11.6. The summed E-state index contributed by atoms with van der Waals surface area (Å²) in [5.41, 5.74) is 2.01. The maximum absolute atomic E-state index is 13.2. The molecule has 3 aromatic rings. The predicted octanol–water partition coefficient (Wildman–Crippen LogP) is 5.48. The lowest BCUT2D eigenvalue weighted by molar-refractivity contribution is -0.132. The molecule has 1 N–H and O–H groups in total. The highest BCUT2D eigenvalue weighted by molar-refractivity contribution is 7.10. The molecular formula is C26H25NO5S. The number of ketones is 1. The molecule has 7 heteroatoms. The highest BCUT2D eigenvalue weighted by Crippen LogP contribution is 2.44. The van der Waals surface area contributed by atoms with Crippen LogP contribution in [0.3, 0.4) is 0 Å². The van der Waals surface area contributed by atoms with Crippen LogP contribution in [0.5, 0.6) is 11.5 Å². The number of hydrogen-bond acceptors (Lipinski definition) is 6. The summed E-state index contributed by atoms with van der Waals surface area (Å²) in [6, 6.07) is 15.4. The van der Waals surface area contributed by atoms with Gasteiger partial charge in [0, 0.05) is 16.6 Å². The molecule has 1 aromatic heterocycles. The third-order valence-electron chi connectivity index (χ3n) is 5.39. The van der Waals surface area contributed by atoms with Gasteiger partial charge in [0.15, 0.2) is 0 Å². The van der Waals surface area contributed by atoms with Crippen molar-refractivity contribution in [3.63, 3.8) is 0 Å². The van der Waals surface area contributed by atoms with E-state index in [0.29, 0.717) is 36.0 Å². The normalized spacial score (nSPS) is 17.4. The second-order valence-electron chi connectivity index (χ2n) is 7.54. The van der Waals surface area contributed by atoms with Crippen LogP contribution in [0, 0.1) is 6.92 Å². The van der Waals surface area contributed by atoms with E-state index in [4.69, 9.17) is 9.47 Å². The Balaban J connectivity index is 1.90. The number of benzene rings is 2. The molecule has 1 aliphatic rings. The molecule has 1 unspecified atom stereocenters. The lowest BCUT2D eigenvalue weighted by Gasteiger charge is -2.24. The Kier molecular flexibility index (Phi) is 6.51. The van der Waals surface area contributed by atoms with Gasteiger partial charge in [0.25, 0.3) is 11.7 Å². The van der Waals surface area contributed by atoms with Gasteiger partial charge in [-0.2, -0.15) is 0 Å². The van der Waals surface area contributed by atoms with Gasteiger partial charge in [0.1, 0.15) is 23.3 Å². The van der Waals surface area contributed by atoms with Crippen LogP contribution in [0.2, 0.25) is 0 Å². The Hall–Kier alpha value is -3.58. The molecule has 0 saturated carbocycles. The monoisotopic (exact) mass is 463 g/mol. The van der Waals surface area contributed by atoms with Gasteiger partial charge in [-0.25, -0.2) is 0 Å². The van der Waals surface area contributed by atoms with Gasteiger partial charge in [-0.15, -0.1) is 11.3 Å². The zero-order valence-corrected chi connectivity index (χ0v) is 19.5. The van der Waals surface area contributed by atoms with E-state index in [2.05, 4.69) is 0 Å². The van der Waals surface area contributed by atoms with Crippen molar-refractivity contribution in [3.05, 3.63) is 81.6 Å². The number of nitrogens with zero attached hydrogens (tertiary/aromatic N) is 1. The molecule has 1 atom stereocenters. The van der Waals surface area contributed by atoms with Crippen molar-refractivity contribution >= 4 is 34.5 Å². The van der Waals surface area contributed by atoms with Gasteiger partial charge in [0.05, 0.1) is 24.4 Å². The van der Waals surface area contributed by atoms with Gasteiger partial charge in [-0.3, -0.25) is 14.5 Å². The van der Waals surface area contributed by atoms with Crippen LogP contribution >= 0.6 is 11.3 Å². The first kappa shape index (κ1) is 22.6. The quantitative estimate of drug-likeness (QED) is 0.285. The zero-order valence-electron chi connectivity index (χ0n) is 18.7.